The Morgan fingerprint density at radius 1 is 0.895 bits per heavy atom. The molecular weight excluding hydrogens is 238 g/mol. The molecule has 3 nitrogen and oxygen atoms in total. The molecule has 1 atom stereocenters. The predicted molar refractivity (Wildman–Crippen MR) is 79.9 cm³/mol. The third kappa shape index (κ3) is 6.74. The molecule has 0 aromatic rings. The Hall–Kier alpha value is -0.860. The number of carbonyl (C=O) groups is 2. The number of ketones is 1. The number of Topliss-reactive ketones (excluding diaryl/α,β-unsaturated/α-hetero) is 1. The molecule has 112 valence electrons. The largest absolute Gasteiger partial charge is 0.346 e. The minimum absolute atomic E-state index is 0.0509. The molecule has 0 radical (unpaired) electrons. The topological polar surface area (TPSA) is 46.2 Å². The standard InChI is InChI=1S/C16H31NO2/c1-14(2,3)10-11(18)17-12(15(4,5)6)13(19)16(7,8)9/h12H,10H2,1-9H3,(H,17,18). The van der Waals surface area contributed by atoms with Crippen molar-refractivity contribution in [1.82, 2.24) is 5.32 Å². The van der Waals surface area contributed by atoms with Crippen LogP contribution in [0.3, 0.4) is 0 Å². The summed E-state index contributed by atoms with van der Waals surface area (Å²) in [6.45, 7) is 17.7. The van der Waals surface area contributed by atoms with Crippen molar-refractivity contribution < 1.29 is 9.59 Å². The Morgan fingerprint density at radius 2 is 1.32 bits per heavy atom. The maximum absolute atomic E-state index is 12.5. The van der Waals surface area contributed by atoms with Crippen LogP contribution in [0.5, 0.6) is 0 Å². The monoisotopic (exact) mass is 269 g/mol. The lowest BCUT2D eigenvalue weighted by Gasteiger charge is -2.35. The molecule has 0 heterocycles. The van der Waals surface area contributed by atoms with E-state index in [0.29, 0.717) is 6.42 Å². The molecule has 0 aliphatic rings. The van der Waals surface area contributed by atoms with Crippen LogP contribution in [0, 0.1) is 16.2 Å². The smallest absolute Gasteiger partial charge is 0.221 e. The van der Waals surface area contributed by atoms with Crippen LogP contribution in [0.2, 0.25) is 0 Å². The van der Waals surface area contributed by atoms with Gasteiger partial charge in [0.1, 0.15) is 0 Å². The van der Waals surface area contributed by atoms with Gasteiger partial charge >= 0.3 is 0 Å². The number of carbonyl (C=O) groups excluding carboxylic acids is 2. The van der Waals surface area contributed by atoms with E-state index in [1.165, 1.54) is 0 Å². The molecule has 1 amide bonds. The van der Waals surface area contributed by atoms with Gasteiger partial charge in [0.25, 0.3) is 0 Å². The minimum atomic E-state index is -0.451. The van der Waals surface area contributed by atoms with E-state index < -0.39 is 11.5 Å². The van der Waals surface area contributed by atoms with Crippen molar-refractivity contribution in [1.29, 1.82) is 0 Å². The Bertz CT molecular complexity index is 337. The van der Waals surface area contributed by atoms with E-state index in [-0.39, 0.29) is 22.5 Å². The highest BCUT2D eigenvalue weighted by atomic mass is 16.2. The average Bonchev–Trinajstić information content (AvgIpc) is 2.06. The molecule has 0 aliphatic heterocycles. The van der Waals surface area contributed by atoms with Crippen LogP contribution < -0.4 is 5.32 Å². The first-order chi connectivity index (χ1) is 8.14. The molecule has 0 spiro atoms. The van der Waals surface area contributed by atoms with Crippen LogP contribution in [-0.2, 0) is 9.59 Å². The average molecular weight is 269 g/mol. The summed E-state index contributed by atoms with van der Waals surface area (Å²) in [6, 6.07) is -0.442. The van der Waals surface area contributed by atoms with E-state index >= 15 is 0 Å². The van der Waals surface area contributed by atoms with Gasteiger partial charge in [-0.1, -0.05) is 62.3 Å². The summed E-state index contributed by atoms with van der Waals surface area (Å²) in [5.74, 6) is 0.0345. The zero-order chi connectivity index (χ0) is 15.6. The SMILES string of the molecule is CC(C)(C)CC(=O)NC(C(=O)C(C)(C)C)C(C)(C)C. The van der Waals surface area contributed by atoms with Gasteiger partial charge in [0.05, 0.1) is 6.04 Å². The fourth-order valence-electron chi connectivity index (χ4n) is 1.80. The lowest BCUT2D eigenvalue weighted by atomic mass is 9.75. The number of hydrogen-bond donors (Lipinski definition) is 1. The van der Waals surface area contributed by atoms with Gasteiger partial charge in [-0.3, -0.25) is 9.59 Å². The van der Waals surface area contributed by atoms with Gasteiger partial charge in [0, 0.05) is 11.8 Å². The summed E-state index contributed by atoms with van der Waals surface area (Å²) < 4.78 is 0. The number of rotatable bonds is 3. The third-order valence-corrected chi connectivity index (χ3v) is 2.86. The third-order valence-electron chi connectivity index (χ3n) is 2.86. The number of hydrogen-bond acceptors (Lipinski definition) is 2. The van der Waals surface area contributed by atoms with Gasteiger partial charge in [-0.25, -0.2) is 0 Å². The number of nitrogens with one attached hydrogen (secondary N) is 1. The molecule has 0 saturated heterocycles. The van der Waals surface area contributed by atoms with Gasteiger partial charge in [-0.05, 0) is 10.8 Å². The van der Waals surface area contributed by atoms with Crippen LogP contribution in [-0.4, -0.2) is 17.7 Å². The van der Waals surface area contributed by atoms with Crippen molar-refractivity contribution in [3.8, 4) is 0 Å². The molecule has 3 heteroatoms. The van der Waals surface area contributed by atoms with Gasteiger partial charge in [-0.2, -0.15) is 0 Å². The van der Waals surface area contributed by atoms with Gasteiger partial charge < -0.3 is 5.32 Å². The fraction of sp³-hybridized carbons (Fsp3) is 0.875. The van der Waals surface area contributed by atoms with Gasteiger partial charge in [0.2, 0.25) is 5.91 Å². The minimum Gasteiger partial charge on any atom is -0.346 e. The van der Waals surface area contributed by atoms with E-state index in [0.717, 1.165) is 0 Å². The van der Waals surface area contributed by atoms with Crippen molar-refractivity contribution in [3.05, 3.63) is 0 Å². The Morgan fingerprint density at radius 3 is 1.58 bits per heavy atom. The molecule has 0 aromatic carbocycles. The van der Waals surface area contributed by atoms with E-state index in [4.69, 9.17) is 0 Å². The normalized spacial score (nSPS) is 15.0. The first-order valence-corrected chi connectivity index (χ1v) is 6.98. The summed E-state index contributed by atoms with van der Waals surface area (Å²) in [5, 5.41) is 2.93. The zero-order valence-corrected chi connectivity index (χ0v) is 14.1. The van der Waals surface area contributed by atoms with Crippen molar-refractivity contribution in [2.45, 2.75) is 74.8 Å². The Kier molecular flexibility index (Phi) is 5.38. The molecule has 0 rings (SSSR count). The molecule has 0 aromatic heterocycles. The van der Waals surface area contributed by atoms with Crippen LogP contribution in [0.15, 0.2) is 0 Å². The molecule has 1 N–H and O–H groups in total. The van der Waals surface area contributed by atoms with Crippen LogP contribution in [0.4, 0.5) is 0 Å². The molecular formula is C16H31NO2. The summed E-state index contributed by atoms with van der Waals surface area (Å²) in [6.07, 6.45) is 0.428. The summed E-state index contributed by atoms with van der Waals surface area (Å²) in [7, 11) is 0. The predicted octanol–water partition coefficient (Wildman–Crippen LogP) is 3.57. The van der Waals surface area contributed by atoms with Gasteiger partial charge in [-0.15, -0.1) is 0 Å². The van der Waals surface area contributed by atoms with Crippen LogP contribution in [0.25, 0.3) is 0 Å². The summed E-state index contributed by atoms with van der Waals surface area (Å²) >= 11 is 0. The Balaban J connectivity index is 5.02. The van der Waals surface area contributed by atoms with E-state index in [1.54, 1.807) is 0 Å². The quantitative estimate of drug-likeness (QED) is 0.851. The highest BCUT2D eigenvalue weighted by Crippen LogP contribution is 2.28. The van der Waals surface area contributed by atoms with Crippen molar-refractivity contribution >= 4 is 11.7 Å². The van der Waals surface area contributed by atoms with Gasteiger partial charge in [0.15, 0.2) is 5.78 Å². The summed E-state index contributed by atoms with van der Waals surface area (Å²) in [5.41, 5.74) is -0.803. The van der Waals surface area contributed by atoms with Crippen molar-refractivity contribution in [2.24, 2.45) is 16.2 Å². The molecule has 0 fully saturated rings. The highest BCUT2D eigenvalue weighted by Gasteiger charge is 2.38. The molecule has 19 heavy (non-hydrogen) atoms. The van der Waals surface area contributed by atoms with Crippen molar-refractivity contribution in [3.63, 3.8) is 0 Å². The van der Waals surface area contributed by atoms with Crippen molar-refractivity contribution in [2.75, 3.05) is 0 Å². The number of amides is 1. The van der Waals surface area contributed by atoms with Crippen LogP contribution in [0.1, 0.15) is 68.7 Å². The lowest BCUT2D eigenvalue weighted by molar-refractivity contribution is -0.135. The Labute approximate surface area is 118 Å². The first-order valence-electron chi connectivity index (χ1n) is 6.98. The lowest BCUT2D eigenvalue weighted by Crippen LogP contribution is -2.53. The van der Waals surface area contributed by atoms with E-state index in [1.807, 2.05) is 62.3 Å². The summed E-state index contributed by atoms with van der Waals surface area (Å²) in [4.78, 5) is 24.6. The second kappa shape index (κ2) is 5.64. The molecule has 0 saturated carbocycles. The maximum Gasteiger partial charge on any atom is 0.221 e. The van der Waals surface area contributed by atoms with E-state index in [9.17, 15) is 9.59 Å². The molecule has 0 aliphatic carbocycles. The van der Waals surface area contributed by atoms with E-state index in [2.05, 4.69) is 5.32 Å². The highest BCUT2D eigenvalue weighted by molar-refractivity contribution is 5.93. The maximum atomic E-state index is 12.5. The second-order valence-electron chi connectivity index (χ2n) is 8.72. The fourth-order valence-corrected chi connectivity index (χ4v) is 1.80. The zero-order valence-electron chi connectivity index (χ0n) is 14.1. The second-order valence-corrected chi connectivity index (χ2v) is 8.72. The molecule has 1 unspecified atom stereocenters. The van der Waals surface area contributed by atoms with Crippen LogP contribution >= 0.6 is 0 Å². The molecule has 0 bridgehead atoms. The first kappa shape index (κ1) is 18.1.